The minimum absolute atomic E-state index is 0.0733. The second-order valence-corrected chi connectivity index (χ2v) is 5.03. The zero-order chi connectivity index (χ0) is 15.5. The molecule has 1 aromatic heterocycles. The van der Waals surface area contributed by atoms with Crippen LogP contribution in [-0.2, 0) is 6.42 Å². The molecule has 0 saturated carbocycles. The van der Waals surface area contributed by atoms with Crippen LogP contribution in [0.4, 0.5) is 5.69 Å². The smallest absolute Gasteiger partial charge is 0.275 e. The summed E-state index contributed by atoms with van der Waals surface area (Å²) in [5.74, 6) is 0. The summed E-state index contributed by atoms with van der Waals surface area (Å²) in [6.45, 7) is 0. The van der Waals surface area contributed by atoms with Gasteiger partial charge >= 0.3 is 0 Å². The van der Waals surface area contributed by atoms with Gasteiger partial charge in [0.25, 0.3) is 5.69 Å². The minimum Gasteiger partial charge on any atom is -0.388 e. The van der Waals surface area contributed by atoms with E-state index in [1.54, 1.807) is 18.2 Å². The van der Waals surface area contributed by atoms with Crippen LogP contribution in [0.1, 0.15) is 17.4 Å². The normalized spacial score (nSPS) is 12.2. The SMILES string of the molecule is O=[N+]([O-])c1ccccc1[C@H](O)Cc1ccc2ccccc2n1. The molecule has 0 spiro atoms. The summed E-state index contributed by atoms with van der Waals surface area (Å²) >= 11 is 0. The number of aromatic nitrogens is 1. The Kier molecular flexibility index (Phi) is 3.80. The van der Waals surface area contributed by atoms with Gasteiger partial charge in [0.2, 0.25) is 0 Å². The molecule has 22 heavy (non-hydrogen) atoms. The zero-order valence-electron chi connectivity index (χ0n) is 11.7. The van der Waals surface area contributed by atoms with E-state index in [4.69, 9.17) is 0 Å². The Morgan fingerprint density at radius 2 is 1.77 bits per heavy atom. The number of aliphatic hydroxyl groups is 1. The van der Waals surface area contributed by atoms with E-state index in [1.165, 1.54) is 6.07 Å². The van der Waals surface area contributed by atoms with Crippen LogP contribution in [0.25, 0.3) is 10.9 Å². The highest BCUT2D eigenvalue weighted by Gasteiger charge is 2.20. The van der Waals surface area contributed by atoms with Gasteiger partial charge in [-0.25, -0.2) is 0 Å². The molecule has 1 heterocycles. The van der Waals surface area contributed by atoms with Gasteiger partial charge in [-0.05, 0) is 18.2 Å². The van der Waals surface area contributed by atoms with Crippen LogP contribution in [0.15, 0.2) is 60.7 Å². The second kappa shape index (κ2) is 5.91. The van der Waals surface area contributed by atoms with Crippen LogP contribution in [0, 0.1) is 10.1 Å². The standard InChI is InChI=1S/C17H14N2O3/c20-17(14-6-2-4-8-16(14)19(21)22)11-13-10-9-12-5-1-3-7-15(12)18-13/h1-10,17,20H,11H2/t17-/m1/s1. The molecular formula is C17H14N2O3. The van der Waals surface area contributed by atoms with Crippen LogP contribution in [-0.4, -0.2) is 15.0 Å². The third-order valence-corrected chi connectivity index (χ3v) is 3.55. The first kappa shape index (κ1) is 14.2. The average Bonchev–Trinajstić information content (AvgIpc) is 2.54. The summed E-state index contributed by atoms with van der Waals surface area (Å²) < 4.78 is 0. The number of nitrogens with zero attached hydrogens (tertiary/aromatic N) is 2. The maximum Gasteiger partial charge on any atom is 0.275 e. The van der Waals surface area contributed by atoms with Crippen LogP contribution >= 0.6 is 0 Å². The lowest BCUT2D eigenvalue weighted by Crippen LogP contribution is -2.06. The number of nitro groups is 1. The number of nitro benzene ring substituents is 1. The molecule has 5 heteroatoms. The molecule has 0 saturated heterocycles. The van der Waals surface area contributed by atoms with E-state index >= 15 is 0 Å². The fraction of sp³-hybridized carbons (Fsp3) is 0.118. The molecule has 3 aromatic rings. The lowest BCUT2D eigenvalue weighted by Gasteiger charge is -2.11. The Morgan fingerprint density at radius 1 is 1.05 bits per heavy atom. The predicted octanol–water partition coefficient (Wildman–Crippen LogP) is 3.42. The van der Waals surface area contributed by atoms with Crippen molar-refractivity contribution >= 4 is 16.6 Å². The number of hydrogen-bond acceptors (Lipinski definition) is 4. The van der Waals surface area contributed by atoms with Crippen molar-refractivity contribution in [3.8, 4) is 0 Å². The summed E-state index contributed by atoms with van der Waals surface area (Å²) in [6, 6.07) is 17.7. The second-order valence-electron chi connectivity index (χ2n) is 5.03. The molecule has 5 nitrogen and oxygen atoms in total. The van der Waals surface area contributed by atoms with E-state index in [9.17, 15) is 15.2 Å². The van der Waals surface area contributed by atoms with Crippen molar-refractivity contribution in [2.75, 3.05) is 0 Å². The number of aliphatic hydroxyl groups excluding tert-OH is 1. The Balaban J connectivity index is 1.90. The molecule has 0 unspecified atom stereocenters. The van der Waals surface area contributed by atoms with E-state index in [1.807, 2.05) is 36.4 Å². The van der Waals surface area contributed by atoms with E-state index in [2.05, 4.69) is 4.98 Å². The summed E-state index contributed by atoms with van der Waals surface area (Å²) in [4.78, 5) is 15.0. The third-order valence-electron chi connectivity index (χ3n) is 3.55. The molecule has 2 aromatic carbocycles. The van der Waals surface area contributed by atoms with Gasteiger partial charge in [-0.2, -0.15) is 0 Å². The molecule has 0 fully saturated rings. The zero-order valence-corrected chi connectivity index (χ0v) is 11.7. The molecule has 0 amide bonds. The molecule has 110 valence electrons. The van der Waals surface area contributed by atoms with Gasteiger partial charge in [-0.3, -0.25) is 15.1 Å². The first-order valence-electron chi connectivity index (χ1n) is 6.91. The molecule has 0 radical (unpaired) electrons. The van der Waals surface area contributed by atoms with Gasteiger partial charge in [0.05, 0.1) is 22.1 Å². The van der Waals surface area contributed by atoms with Gasteiger partial charge < -0.3 is 5.11 Å². The van der Waals surface area contributed by atoms with Crippen molar-refractivity contribution in [2.45, 2.75) is 12.5 Å². The summed E-state index contributed by atoms with van der Waals surface area (Å²) in [5.41, 5.74) is 1.78. The molecule has 1 atom stereocenters. The molecule has 0 aliphatic rings. The third kappa shape index (κ3) is 2.80. The molecule has 3 rings (SSSR count). The van der Waals surface area contributed by atoms with Gasteiger partial charge in [0.1, 0.15) is 0 Å². The van der Waals surface area contributed by atoms with Gasteiger partial charge in [0, 0.05) is 23.6 Å². The Hall–Kier alpha value is -2.79. The number of rotatable bonds is 4. The topological polar surface area (TPSA) is 76.3 Å². The highest BCUT2D eigenvalue weighted by atomic mass is 16.6. The van der Waals surface area contributed by atoms with E-state index in [-0.39, 0.29) is 12.1 Å². The van der Waals surface area contributed by atoms with Crippen LogP contribution in [0.3, 0.4) is 0 Å². The number of fused-ring (bicyclic) bond motifs is 1. The fourth-order valence-corrected chi connectivity index (χ4v) is 2.47. The number of hydrogen-bond donors (Lipinski definition) is 1. The Morgan fingerprint density at radius 3 is 2.59 bits per heavy atom. The number of para-hydroxylation sites is 2. The Labute approximate surface area is 127 Å². The minimum atomic E-state index is -0.963. The first-order chi connectivity index (χ1) is 10.6. The lowest BCUT2D eigenvalue weighted by molar-refractivity contribution is -0.386. The lowest BCUT2D eigenvalue weighted by atomic mass is 10.0. The molecule has 1 N–H and O–H groups in total. The fourth-order valence-electron chi connectivity index (χ4n) is 2.47. The van der Waals surface area contributed by atoms with Crippen molar-refractivity contribution in [3.05, 3.63) is 82.0 Å². The van der Waals surface area contributed by atoms with E-state index in [0.29, 0.717) is 11.3 Å². The van der Waals surface area contributed by atoms with Crippen LogP contribution < -0.4 is 0 Å². The maximum atomic E-state index is 11.0. The molecular weight excluding hydrogens is 280 g/mol. The molecule has 0 bridgehead atoms. The summed E-state index contributed by atoms with van der Waals surface area (Å²) in [6.07, 6.45) is -0.731. The summed E-state index contributed by atoms with van der Waals surface area (Å²) in [7, 11) is 0. The highest BCUT2D eigenvalue weighted by molar-refractivity contribution is 5.78. The van der Waals surface area contributed by atoms with Gasteiger partial charge in [-0.1, -0.05) is 36.4 Å². The average molecular weight is 294 g/mol. The number of benzene rings is 2. The van der Waals surface area contributed by atoms with Crippen LogP contribution in [0.5, 0.6) is 0 Å². The van der Waals surface area contributed by atoms with Gasteiger partial charge in [-0.15, -0.1) is 0 Å². The van der Waals surface area contributed by atoms with Crippen molar-refractivity contribution in [2.24, 2.45) is 0 Å². The highest BCUT2D eigenvalue weighted by Crippen LogP contribution is 2.27. The maximum absolute atomic E-state index is 11.0. The van der Waals surface area contributed by atoms with Crippen molar-refractivity contribution < 1.29 is 10.0 Å². The first-order valence-corrected chi connectivity index (χ1v) is 6.91. The van der Waals surface area contributed by atoms with Crippen molar-refractivity contribution in [1.82, 2.24) is 4.98 Å². The van der Waals surface area contributed by atoms with E-state index < -0.39 is 11.0 Å². The quantitative estimate of drug-likeness (QED) is 0.591. The largest absolute Gasteiger partial charge is 0.388 e. The van der Waals surface area contributed by atoms with Gasteiger partial charge in [0.15, 0.2) is 0 Å². The molecule has 0 aliphatic carbocycles. The van der Waals surface area contributed by atoms with Crippen LogP contribution in [0.2, 0.25) is 0 Å². The Bertz CT molecular complexity index is 833. The van der Waals surface area contributed by atoms with E-state index in [0.717, 1.165) is 10.9 Å². The number of pyridine rings is 1. The summed E-state index contributed by atoms with van der Waals surface area (Å²) in [5, 5.41) is 22.4. The van der Waals surface area contributed by atoms with Crippen molar-refractivity contribution in [1.29, 1.82) is 0 Å². The monoisotopic (exact) mass is 294 g/mol. The molecule has 0 aliphatic heterocycles. The predicted molar refractivity (Wildman–Crippen MR) is 83.5 cm³/mol. The van der Waals surface area contributed by atoms with Crippen molar-refractivity contribution in [3.63, 3.8) is 0 Å².